The summed E-state index contributed by atoms with van der Waals surface area (Å²) in [5, 5.41) is 2.96. The molecule has 0 bridgehead atoms. The lowest BCUT2D eigenvalue weighted by Gasteiger charge is -2.32. The number of ether oxygens (including phenoxy) is 3. The van der Waals surface area contributed by atoms with Crippen molar-refractivity contribution >= 4 is 11.8 Å². The van der Waals surface area contributed by atoms with Gasteiger partial charge in [0.1, 0.15) is 5.75 Å². The summed E-state index contributed by atoms with van der Waals surface area (Å²) in [5.74, 6) is -0.413. The molecule has 1 heterocycles. The largest absolute Gasteiger partial charge is 0.484 e. The first-order valence-electron chi connectivity index (χ1n) is 8.60. The number of nitrogens with two attached hydrogens (primary N) is 1. The van der Waals surface area contributed by atoms with E-state index in [2.05, 4.69) is 5.32 Å². The number of nitrogens with one attached hydrogen (secondary N) is 1. The van der Waals surface area contributed by atoms with Crippen LogP contribution in [0.25, 0.3) is 0 Å². The lowest BCUT2D eigenvalue weighted by molar-refractivity contribution is -0.119. The van der Waals surface area contributed by atoms with Gasteiger partial charge in [0.05, 0.1) is 25.4 Å². The highest BCUT2D eigenvalue weighted by atomic mass is 16.5. The molecule has 1 saturated heterocycles. The lowest BCUT2D eigenvalue weighted by atomic mass is 10.1. The van der Waals surface area contributed by atoms with E-state index < -0.39 is 5.91 Å². The minimum Gasteiger partial charge on any atom is -0.484 e. The highest BCUT2D eigenvalue weighted by molar-refractivity contribution is 5.94. The Balaban J connectivity index is 1.96. The fourth-order valence-corrected chi connectivity index (χ4v) is 2.52. The standard InChI is InChI=1S/C19H26N2O5/c1-13(2)6-9-25-17-7-8-24-11-16(17)21-19(23)14-4-3-5-15(10-14)26-12-18(20)22/h3-6,10,16-17H,7-9,11-12H2,1-2H3,(H2,20,22)(H,21,23)/t16-,17+/m0/s1. The summed E-state index contributed by atoms with van der Waals surface area (Å²) >= 11 is 0. The molecule has 1 fully saturated rings. The lowest BCUT2D eigenvalue weighted by Crippen LogP contribution is -2.50. The van der Waals surface area contributed by atoms with Gasteiger partial charge in [-0.2, -0.15) is 0 Å². The molecule has 0 aromatic heterocycles. The summed E-state index contributed by atoms with van der Waals surface area (Å²) in [6.45, 7) is 5.32. The van der Waals surface area contributed by atoms with E-state index in [4.69, 9.17) is 19.9 Å². The Kier molecular flexibility index (Phi) is 7.62. The number of benzene rings is 1. The van der Waals surface area contributed by atoms with Crippen LogP contribution in [0, 0.1) is 0 Å². The molecule has 0 radical (unpaired) electrons. The van der Waals surface area contributed by atoms with Crippen molar-refractivity contribution in [3.8, 4) is 5.75 Å². The molecule has 26 heavy (non-hydrogen) atoms. The van der Waals surface area contributed by atoms with Crippen LogP contribution in [0.5, 0.6) is 5.75 Å². The molecule has 2 atom stereocenters. The number of amides is 2. The van der Waals surface area contributed by atoms with Crippen LogP contribution in [0.1, 0.15) is 30.6 Å². The first-order chi connectivity index (χ1) is 12.5. The Morgan fingerprint density at radius 1 is 1.38 bits per heavy atom. The van der Waals surface area contributed by atoms with Crippen molar-refractivity contribution in [2.75, 3.05) is 26.4 Å². The van der Waals surface area contributed by atoms with Gasteiger partial charge < -0.3 is 25.3 Å². The van der Waals surface area contributed by atoms with E-state index in [0.29, 0.717) is 31.1 Å². The van der Waals surface area contributed by atoms with Crippen LogP contribution in [0.3, 0.4) is 0 Å². The number of hydrogen-bond donors (Lipinski definition) is 2. The number of primary amides is 1. The topological polar surface area (TPSA) is 99.9 Å². The second-order valence-corrected chi connectivity index (χ2v) is 6.38. The van der Waals surface area contributed by atoms with E-state index in [9.17, 15) is 9.59 Å². The molecule has 1 aliphatic heterocycles. The second kappa shape index (κ2) is 9.94. The van der Waals surface area contributed by atoms with E-state index in [0.717, 1.165) is 6.42 Å². The maximum atomic E-state index is 12.5. The number of rotatable bonds is 8. The van der Waals surface area contributed by atoms with Gasteiger partial charge in [-0.25, -0.2) is 0 Å². The van der Waals surface area contributed by atoms with E-state index in [1.807, 2.05) is 19.9 Å². The van der Waals surface area contributed by atoms with Crippen LogP contribution in [-0.4, -0.2) is 50.4 Å². The Morgan fingerprint density at radius 3 is 2.92 bits per heavy atom. The van der Waals surface area contributed by atoms with E-state index in [1.165, 1.54) is 5.57 Å². The van der Waals surface area contributed by atoms with Crippen molar-refractivity contribution in [3.63, 3.8) is 0 Å². The summed E-state index contributed by atoms with van der Waals surface area (Å²) in [5.41, 5.74) is 6.68. The van der Waals surface area contributed by atoms with E-state index in [-0.39, 0.29) is 24.7 Å². The van der Waals surface area contributed by atoms with Gasteiger partial charge in [0.2, 0.25) is 0 Å². The Bertz CT molecular complexity index is 655. The van der Waals surface area contributed by atoms with Gasteiger partial charge in [-0.15, -0.1) is 0 Å². The van der Waals surface area contributed by atoms with Gasteiger partial charge in [0.15, 0.2) is 6.61 Å². The van der Waals surface area contributed by atoms with Gasteiger partial charge in [-0.05, 0) is 38.5 Å². The molecule has 0 aliphatic carbocycles. The third-order valence-electron chi connectivity index (χ3n) is 3.89. The molecule has 7 nitrogen and oxygen atoms in total. The summed E-state index contributed by atoms with van der Waals surface area (Å²) in [6, 6.07) is 6.37. The Labute approximate surface area is 153 Å². The summed E-state index contributed by atoms with van der Waals surface area (Å²) < 4.78 is 16.6. The Morgan fingerprint density at radius 2 is 2.19 bits per heavy atom. The molecule has 0 spiro atoms. The first kappa shape index (κ1) is 19.9. The molecule has 2 amide bonds. The van der Waals surface area contributed by atoms with Crippen molar-refractivity contribution in [3.05, 3.63) is 41.5 Å². The summed E-state index contributed by atoms with van der Waals surface area (Å²) in [4.78, 5) is 23.4. The number of carbonyl (C=O) groups is 2. The van der Waals surface area contributed by atoms with E-state index >= 15 is 0 Å². The zero-order valence-electron chi connectivity index (χ0n) is 15.2. The molecule has 0 saturated carbocycles. The molecule has 142 valence electrons. The molecule has 1 aromatic carbocycles. The summed E-state index contributed by atoms with van der Waals surface area (Å²) in [6.07, 6.45) is 2.63. The first-order valence-corrected chi connectivity index (χ1v) is 8.60. The molecule has 1 aromatic rings. The van der Waals surface area contributed by atoms with Crippen LogP contribution >= 0.6 is 0 Å². The zero-order valence-corrected chi connectivity index (χ0v) is 15.2. The fourth-order valence-electron chi connectivity index (χ4n) is 2.52. The molecule has 2 rings (SSSR count). The minimum absolute atomic E-state index is 0.0994. The van der Waals surface area contributed by atoms with Crippen LogP contribution in [0.15, 0.2) is 35.9 Å². The van der Waals surface area contributed by atoms with Gasteiger partial charge in [-0.3, -0.25) is 9.59 Å². The van der Waals surface area contributed by atoms with Crippen LogP contribution in [0.4, 0.5) is 0 Å². The van der Waals surface area contributed by atoms with E-state index in [1.54, 1.807) is 24.3 Å². The van der Waals surface area contributed by atoms with Gasteiger partial charge >= 0.3 is 0 Å². The molecule has 1 aliphatic rings. The third-order valence-corrected chi connectivity index (χ3v) is 3.89. The highest BCUT2D eigenvalue weighted by Gasteiger charge is 2.28. The van der Waals surface area contributed by atoms with Gasteiger partial charge in [-0.1, -0.05) is 17.7 Å². The summed E-state index contributed by atoms with van der Waals surface area (Å²) in [7, 11) is 0. The fraction of sp³-hybridized carbons (Fsp3) is 0.474. The maximum Gasteiger partial charge on any atom is 0.255 e. The van der Waals surface area contributed by atoms with Crippen LogP contribution in [-0.2, 0) is 14.3 Å². The minimum atomic E-state index is -0.574. The third kappa shape index (κ3) is 6.50. The van der Waals surface area contributed by atoms with Crippen molar-refractivity contribution in [1.82, 2.24) is 5.32 Å². The van der Waals surface area contributed by atoms with Crippen molar-refractivity contribution < 1.29 is 23.8 Å². The number of hydrogen-bond acceptors (Lipinski definition) is 5. The average molecular weight is 362 g/mol. The quantitative estimate of drug-likeness (QED) is 0.681. The molecule has 0 unspecified atom stereocenters. The number of allylic oxidation sites excluding steroid dienone is 1. The smallest absolute Gasteiger partial charge is 0.255 e. The SMILES string of the molecule is CC(C)=CCO[C@@H]1CCOC[C@@H]1NC(=O)c1cccc(OCC(N)=O)c1. The van der Waals surface area contributed by atoms with Gasteiger partial charge in [0.25, 0.3) is 11.8 Å². The molecule has 7 heteroatoms. The van der Waals surface area contributed by atoms with Crippen molar-refractivity contribution in [2.24, 2.45) is 5.73 Å². The Hall–Kier alpha value is -2.38. The molecule has 3 N–H and O–H groups in total. The van der Waals surface area contributed by atoms with Gasteiger partial charge in [0, 0.05) is 12.2 Å². The molecular formula is C19H26N2O5. The van der Waals surface area contributed by atoms with Crippen LogP contribution < -0.4 is 15.8 Å². The predicted octanol–water partition coefficient (Wildman–Crippen LogP) is 1.42. The number of carbonyl (C=O) groups excluding carboxylic acids is 2. The average Bonchev–Trinajstić information content (AvgIpc) is 2.61. The predicted molar refractivity (Wildman–Crippen MR) is 97.0 cm³/mol. The van der Waals surface area contributed by atoms with Crippen molar-refractivity contribution in [2.45, 2.75) is 32.4 Å². The normalized spacial score (nSPS) is 19.5. The second-order valence-electron chi connectivity index (χ2n) is 6.38. The molecular weight excluding hydrogens is 336 g/mol. The van der Waals surface area contributed by atoms with Crippen molar-refractivity contribution in [1.29, 1.82) is 0 Å². The highest BCUT2D eigenvalue weighted by Crippen LogP contribution is 2.16. The maximum absolute atomic E-state index is 12.5. The van der Waals surface area contributed by atoms with Crippen LogP contribution in [0.2, 0.25) is 0 Å². The monoisotopic (exact) mass is 362 g/mol. The zero-order chi connectivity index (χ0) is 18.9.